The molecule has 5 nitrogen and oxygen atoms in total. The van der Waals surface area contributed by atoms with Crippen LogP contribution in [-0.4, -0.2) is 24.4 Å². The first-order valence-corrected chi connectivity index (χ1v) is 8.21. The number of hydrogen-bond acceptors (Lipinski definition) is 5. The van der Waals surface area contributed by atoms with E-state index in [1.165, 1.54) is 11.3 Å². The van der Waals surface area contributed by atoms with E-state index < -0.39 is 5.97 Å². The number of ether oxygens (including phenoxy) is 1. The van der Waals surface area contributed by atoms with Gasteiger partial charge in [-0.3, -0.25) is 9.59 Å². The van der Waals surface area contributed by atoms with Crippen LogP contribution >= 0.6 is 11.3 Å². The molecular formula is C17H15NO4S. The molecule has 2 aromatic rings. The third-order valence-electron chi connectivity index (χ3n) is 3.59. The highest BCUT2D eigenvalue weighted by Crippen LogP contribution is 2.40. The maximum absolute atomic E-state index is 12.4. The number of hydrogen-bond donors (Lipinski definition) is 0. The normalized spacial score (nSPS) is 14.4. The van der Waals surface area contributed by atoms with Gasteiger partial charge in [0.05, 0.1) is 6.61 Å². The van der Waals surface area contributed by atoms with Gasteiger partial charge in [0.2, 0.25) is 11.8 Å². The number of carbonyl (C=O) groups excluding carboxylic acids is 3. The maximum atomic E-state index is 12.4. The van der Waals surface area contributed by atoms with Crippen molar-refractivity contribution in [1.29, 1.82) is 0 Å². The molecule has 1 aromatic carbocycles. The third kappa shape index (κ3) is 2.77. The lowest BCUT2D eigenvalue weighted by atomic mass is 10.0. The molecule has 0 bridgehead atoms. The Morgan fingerprint density at radius 2 is 1.83 bits per heavy atom. The van der Waals surface area contributed by atoms with Gasteiger partial charge in [0.15, 0.2) is 0 Å². The lowest BCUT2D eigenvalue weighted by Crippen LogP contribution is -2.29. The number of carbonyl (C=O) groups is 3. The van der Waals surface area contributed by atoms with Crippen LogP contribution in [0.3, 0.4) is 0 Å². The van der Waals surface area contributed by atoms with Crippen LogP contribution in [0.1, 0.15) is 30.1 Å². The monoisotopic (exact) mass is 329 g/mol. The molecule has 0 aliphatic carbocycles. The van der Waals surface area contributed by atoms with Gasteiger partial charge >= 0.3 is 5.97 Å². The maximum Gasteiger partial charge on any atom is 0.341 e. The molecule has 1 aromatic heterocycles. The Morgan fingerprint density at radius 3 is 2.43 bits per heavy atom. The lowest BCUT2D eigenvalue weighted by Gasteiger charge is -2.14. The summed E-state index contributed by atoms with van der Waals surface area (Å²) in [5, 5.41) is 2.14. The first-order valence-electron chi connectivity index (χ1n) is 7.33. The van der Waals surface area contributed by atoms with Gasteiger partial charge in [-0.15, -0.1) is 11.3 Å². The molecule has 0 radical (unpaired) electrons. The Labute approximate surface area is 137 Å². The quantitative estimate of drug-likeness (QED) is 0.638. The van der Waals surface area contributed by atoms with Gasteiger partial charge < -0.3 is 4.74 Å². The summed E-state index contributed by atoms with van der Waals surface area (Å²) in [7, 11) is 0. The average Bonchev–Trinajstić information content (AvgIpc) is 3.12. The SMILES string of the molecule is CCOC(=O)c1c(-c2ccccc2)csc1N1C(=O)CCC1=O. The summed E-state index contributed by atoms with van der Waals surface area (Å²) in [6, 6.07) is 9.38. The van der Waals surface area contributed by atoms with Gasteiger partial charge in [0.1, 0.15) is 10.6 Å². The van der Waals surface area contributed by atoms with E-state index >= 15 is 0 Å². The molecule has 2 amide bonds. The number of nitrogens with zero attached hydrogens (tertiary/aromatic N) is 1. The van der Waals surface area contributed by atoms with Crippen molar-refractivity contribution in [3.63, 3.8) is 0 Å². The van der Waals surface area contributed by atoms with E-state index in [1.807, 2.05) is 30.3 Å². The Hall–Kier alpha value is -2.47. The minimum atomic E-state index is -0.518. The molecule has 0 N–H and O–H groups in total. The predicted octanol–water partition coefficient (Wildman–Crippen LogP) is 3.25. The zero-order valence-corrected chi connectivity index (χ0v) is 13.4. The van der Waals surface area contributed by atoms with Crippen molar-refractivity contribution in [3.05, 3.63) is 41.3 Å². The zero-order valence-electron chi connectivity index (χ0n) is 12.6. The number of anilines is 1. The Bertz CT molecular complexity index is 750. The molecule has 1 aliphatic rings. The highest BCUT2D eigenvalue weighted by molar-refractivity contribution is 7.15. The van der Waals surface area contributed by atoms with E-state index in [4.69, 9.17) is 4.74 Å². The van der Waals surface area contributed by atoms with E-state index in [0.717, 1.165) is 10.5 Å². The second kappa shape index (κ2) is 6.34. The summed E-state index contributed by atoms with van der Waals surface area (Å²) in [5.41, 5.74) is 1.81. The number of imide groups is 1. The van der Waals surface area contributed by atoms with Crippen LogP contribution in [0.15, 0.2) is 35.7 Å². The first-order chi connectivity index (χ1) is 11.1. The standard InChI is InChI=1S/C17H15NO4S/c1-2-22-17(21)15-12(11-6-4-3-5-7-11)10-23-16(15)18-13(19)8-9-14(18)20/h3-7,10H,2,8-9H2,1H3. The van der Waals surface area contributed by atoms with E-state index in [0.29, 0.717) is 10.6 Å². The smallest absolute Gasteiger partial charge is 0.341 e. The van der Waals surface area contributed by atoms with Crippen molar-refractivity contribution >= 4 is 34.1 Å². The lowest BCUT2D eigenvalue weighted by molar-refractivity contribution is -0.121. The Morgan fingerprint density at radius 1 is 1.17 bits per heavy atom. The van der Waals surface area contributed by atoms with E-state index in [2.05, 4.69) is 0 Å². The molecule has 0 unspecified atom stereocenters. The van der Waals surface area contributed by atoms with Crippen molar-refractivity contribution in [2.45, 2.75) is 19.8 Å². The summed E-state index contributed by atoms with van der Waals surface area (Å²) < 4.78 is 5.14. The number of esters is 1. The Kier molecular flexibility index (Phi) is 4.25. The molecule has 2 heterocycles. The van der Waals surface area contributed by atoms with E-state index in [-0.39, 0.29) is 36.8 Å². The third-order valence-corrected chi connectivity index (χ3v) is 4.55. The zero-order chi connectivity index (χ0) is 16.4. The van der Waals surface area contributed by atoms with Gasteiger partial charge in [0.25, 0.3) is 0 Å². The molecule has 1 fully saturated rings. The first kappa shape index (κ1) is 15.4. The van der Waals surface area contributed by atoms with Crippen LogP contribution in [0.5, 0.6) is 0 Å². The summed E-state index contributed by atoms with van der Waals surface area (Å²) in [6.07, 6.45) is 0.360. The van der Waals surface area contributed by atoms with Crippen LogP contribution in [-0.2, 0) is 14.3 Å². The van der Waals surface area contributed by atoms with Gasteiger partial charge in [0, 0.05) is 23.8 Å². The van der Waals surface area contributed by atoms with Gasteiger partial charge in [-0.1, -0.05) is 30.3 Å². The number of thiophene rings is 1. The fourth-order valence-electron chi connectivity index (χ4n) is 2.55. The fourth-order valence-corrected chi connectivity index (χ4v) is 3.65. The number of rotatable bonds is 4. The summed E-state index contributed by atoms with van der Waals surface area (Å²) in [6.45, 7) is 1.95. The van der Waals surface area contributed by atoms with Gasteiger partial charge in [-0.05, 0) is 12.5 Å². The van der Waals surface area contributed by atoms with Crippen molar-refractivity contribution in [2.75, 3.05) is 11.5 Å². The minimum Gasteiger partial charge on any atom is -0.462 e. The van der Waals surface area contributed by atoms with Crippen LogP contribution < -0.4 is 4.90 Å². The summed E-state index contributed by atoms with van der Waals surface area (Å²) in [4.78, 5) is 37.6. The minimum absolute atomic E-state index is 0.180. The number of amides is 2. The fraction of sp³-hybridized carbons (Fsp3) is 0.235. The van der Waals surface area contributed by atoms with Crippen LogP contribution in [0.4, 0.5) is 5.00 Å². The second-order valence-corrected chi connectivity index (χ2v) is 5.90. The summed E-state index contributed by atoms with van der Waals surface area (Å²) in [5.74, 6) is -1.07. The second-order valence-electron chi connectivity index (χ2n) is 5.04. The molecule has 3 rings (SSSR count). The molecule has 118 valence electrons. The van der Waals surface area contributed by atoms with Gasteiger partial charge in [-0.2, -0.15) is 0 Å². The van der Waals surface area contributed by atoms with Crippen LogP contribution in [0.25, 0.3) is 11.1 Å². The van der Waals surface area contributed by atoms with Crippen molar-refractivity contribution in [1.82, 2.24) is 0 Å². The molecule has 0 spiro atoms. The molecular weight excluding hydrogens is 314 g/mol. The van der Waals surface area contributed by atoms with Crippen molar-refractivity contribution in [3.8, 4) is 11.1 Å². The molecule has 6 heteroatoms. The van der Waals surface area contributed by atoms with Crippen molar-refractivity contribution < 1.29 is 19.1 Å². The van der Waals surface area contributed by atoms with Crippen LogP contribution in [0, 0.1) is 0 Å². The van der Waals surface area contributed by atoms with Crippen LogP contribution in [0.2, 0.25) is 0 Å². The molecule has 1 saturated heterocycles. The highest BCUT2D eigenvalue weighted by Gasteiger charge is 2.36. The highest BCUT2D eigenvalue weighted by atomic mass is 32.1. The van der Waals surface area contributed by atoms with Crippen molar-refractivity contribution in [2.24, 2.45) is 0 Å². The molecule has 1 aliphatic heterocycles. The molecule has 0 atom stereocenters. The van der Waals surface area contributed by atoms with E-state index in [1.54, 1.807) is 12.3 Å². The molecule has 23 heavy (non-hydrogen) atoms. The number of benzene rings is 1. The predicted molar refractivity (Wildman–Crippen MR) is 87.4 cm³/mol. The topological polar surface area (TPSA) is 63.7 Å². The average molecular weight is 329 g/mol. The Balaban J connectivity index is 2.14. The van der Waals surface area contributed by atoms with Gasteiger partial charge in [-0.25, -0.2) is 9.69 Å². The summed E-state index contributed by atoms with van der Waals surface area (Å²) >= 11 is 1.21. The largest absolute Gasteiger partial charge is 0.462 e. The molecule has 0 saturated carbocycles. The van der Waals surface area contributed by atoms with E-state index in [9.17, 15) is 14.4 Å².